The third-order valence-electron chi connectivity index (χ3n) is 2.92. The van der Waals surface area contributed by atoms with Gasteiger partial charge in [-0.15, -0.1) is 11.6 Å². The van der Waals surface area contributed by atoms with Crippen molar-refractivity contribution < 1.29 is 9.59 Å². The maximum absolute atomic E-state index is 12.3. The molecule has 0 bridgehead atoms. The van der Waals surface area contributed by atoms with E-state index in [9.17, 15) is 14.4 Å². The molecular weight excluding hydrogens is 280 g/mol. The summed E-state index contributed by atoms with van der Waals surface area (Å²) in [6, 6.07) is 8.84. The molecule has 1 heterocycles. The first kappa shape index (κ1) is 14.3. The van der Waals surface area contributed by atoms with Gasteiger partial charge < -0.3 is 0 Å². The standard InChI is InChI=1S/C14H13ClN2O3/c1-8-11(13(19)12(15)9(2)18)14(20)17(16-8)10-6-4-3-5-7-10/h3-7,12,16H,1-2H3. The minimum atomic E-state index is -1.33. The number of aryl methyl sites for hydroxylation is 1. The molecule has 0 aliphatic rings. The van der Waals surface area contributed by atoms with Gasteiger partial charge in [-0.05, 0) is 26.0 Å². The smallest absolute Gasteiger partial charge is 0.282 e. The Hall–Kier alpha value is -2.14. The molecule has 20 heavy (non-hydrogen) atoms. The van der Waals surface area contributed by atoms with Crippen LogP contribution >= 0.6 is 11.6 Å². The summed E-state index contributed by atoms with van der Waals surface area (Å²) in [5.41, 5.74) is 0.402. The van der Waals surface area contributed by atoms with Crippen LogP contribution < -0.4 is 5.56 Å². The number of alkyl halides is 1. The van der Waals surface area contributed by atoms with Gasteiger partial charge >= 0.3 is 0 Å². The molecule has 1 aromatic carbocycles. The Balaban J connectivity index is 2.53. The van der Waals surface area contributed by atoms with Crippen molar-refractivity contribution in [2.45, 2.75) is 19.2 Å². The summed E-state index contributed by atoms with van der Waals surface area (Å²) in [5.74, 6) is -1.16. The number of carbonyl (C=O) groups is 2. The number of aromatic amines is 1. The zero-order chi connectivity index (χ0) is 14.9. The van der Waals surface area contributed by atoms with Crippen LogP contribution in [-0.4, -0.2) is 26.7 Å². The van der Waals surface area contributed by atoms with Gasteiger partial charge in [0.1, 0.15) is 5.56 Å². The molecule has 2 aromatic rings. The lowest BCUT2D eigenvalue weighted by Crippen LogP contribution is -2.28. The Labute approximate surface area is 120 Å². The fourth-order valence-corrected chi connectivity index (χ4v) is 2.02. The van der Waals surface area contributed by atoms with Crippen molar-refractivity contribution in [1.82, 2.24) is 9.78 Å². The van der Waals surface area contributed by atoms with E-state index in [1.54, 1.807) is 31.2 Å². The van der Waals surface area contributed by atoms with Crippen LogP contribution in [0, 0.1) is 6.92 Å². The number of benzene rings is 1. The summed E-state index contributed by atoms with van der Waals surface area (Å²) in [6.07, 6.45) is 0. The Morgan fingerprint density at radius 1 is 1.25 bits per heavy atom. The van der Waals surface area contributed by atoms with Crippen molar-refractivity contribution >= 4 is 23.2 Å². The van der Waals surface area contributed by atoms with Crippen molar-refractivity contribution in [2.24, 2.45) is 0 Å². The first-order valence-electron chi connectivity index (χ1n) is 5.99. The number of nitrogens with one attached hydrogen (secondary N) is 1. The molecule has 0 aliphatic heterocycles. The number of hydrogen-bond donors (Lipinski definition) is 1. The predicted octanol–water partition coefficient (Wildman–Crippen LogP) is 1.85. The van der Waals surface area contributed by atoms with Crippen molar-refractivity contribution in [3.8, 4) is 5.69 Å². The van der Waals surface area contributed by atoms with Crippen molar-refractivity contribution in [3.05, 3.63) is 51.9 Å². The molecule has 0 amide bonds. The fourth-order valence-electron chi connectivity index (χ4n) is 1.91. The average Bonchev–Trinajstić information content (AvgIpc) is 2.73. The SMILES string of the molecule is CC(=O)C(Cl)C(=O)c1c(C)[nH]n(-c2ccccc2)c1=O. The molecule has 2 rings (SSSR count). The van der Waals surface area contributed by atoms with E-state index in [1.165, 1.54) is 11.6 Å². The van der Waals surface area contributed by atoms with Gasteiger partial charge in [-0.25, -0.2) is 4.68 Å². The fraction of sp³-hybridized carbons (Fsp3) is 0.214. The van der Waals surface area contributed by atoms with E-state index >= 15 is 0 Å². The topological polar surface area (TPSA) is 71.9 Å². The lowest BCUT2D eigenvalue weighted by atomic mass is 10.1. The van der Waals surface area contributed by atoms with Gasteiger partial charge in [0, 0.05) is 5.69 Å². The van der Waals surface area contributed by atoms with E-state index < -0.39 is 22.5 Å². The van der Waals surface area contributed by atoms with Crippen LogP contribution in [0.2, 0.25) is 0 Å². The Morgan fingerprint density at radius 3 is 2.40 bits per heavy atom. The lowest BCUT2D eigenvalue weighted by molar-refractivity contribution is -0.115. The summed E-state index contributed by atoms with van der Waals surface area (Å²) in [6.45, 7) is 2.81. The van der Waals surface area contributed by atoms with E-state index in [0.29, 0.717) is 11.4 Å². The highest BCUT2D eigenvalue weighted by Gasteiger charge is 2.28. The van der Waals surface area contributed by atoms with Gasteiger partial charge in [0.05, 0.1) is 5.69 Å². The van der Waals surface area contributed by atoms with E-state index in [2.05, 4.69) is 5.10 Å². The maximum Gasteiger partial charge on any atom is 0.282 e. The van der Waals surface area contributed by atoms with Gasteiger partial charge in [-0.1, -0.05) is 18.2 Å². The number of para-hydroxylation sites is 1. The number of carbonyl (C=O) groups excluding carboxylic acids is 2. The molecule has 6 heteroatoms. The zero-order valence-electron chi connectivity index (χ0n) is 11.0. The number of Topliss-reactive ketones (excluding diaryl/α,β-unsaturated/α-hetero) is 2. The van der Waals surface area contributed by atoms with Crippen LogP contribution in [0.4, 0.5) is 0 Å². The Morgan fingerprint density at radius 2 is 1.85 bits per heavy atom. The first-order chi connectivity index (χ1) is 9.43. The number of nitrogens with zero attached hydrogens (tertiary/aromatic N) is 1. The van der Waals surface area contributed by atoms with Gasteiger partial charge in [0.15, 0.2) is 16.9 Å². The third-order valence-corrected chi connectivity index (χ3v) is 3.42. The molecule has 5 nitrogen and oxygen atoms in total. The van der Waals surface area contributed by atoms with Crippen LogP contribution in [0.1, 0.15) is 23.0 Å². The van der Waals surface area contributed by atoms with E-state index in [0.717, 1.165) is 0 Å². The van der Waals surface area contributed by atoms with Gasteiger partial charge in [-0.2, -0.15) is 0 Å². The molecule has 0 fully saturated rings. The molecule has 0 spiro atoms. The first-order valence-corrected chi connectivity index (χ1v) is 6.43. The number of halogens is 1. The highest BCUT2D eigenvalue weighted by molar-refractivity contribution is 6.44. The number of aromatic nitrogens is 2. The second-order valence-electron chi connectivity index (χ2n) is 4.43. The summed E-state index contributed by atoms with van der Waals surface area (Å²) < 4.78 is 1.26. The molecule has 0 saturated carbocycles. The Kier molecular flexibility index (Phi) is 3.90. The molecule has 0 saturated heterocycles. The van der Waals surface area contributed by atoms with Crippen molar-refractivity contribution in [2.75, 3.05) is 0 Å². The molecule has 0 radical (unpaired) electrons. The van der Waals surface area contributed by atoms with Crippen LogP contribution in [0.5, 0.6) is 0 Å². The third kappa shape index (κ3) is 2.44. The van der Waals surface area contributed by atoms with Crippen LogP contribution in [0.15, 0.2) is 35.1 Å². The Bertz CT molecular complexity index is 716. The van der Waals surface area contributed by atoms with Crippen LogP contribution in [0.3, 0.4) is 0 Å². The quantitative estimate of drug-likeness (QED) is 0.531. The molecular formula is C14H13ClN2O3. The summed E-state index contributed by atoms with van der Waals surface area (Å²) in [5, 5.41) is 1.49. The number of ketones is 2. The summed E-state index contributed by atoms with van der Waals surface area (Å²) in [4.78, 5) is 35.6. The highest BCUT2D eigenvalue weighted by atomic mass is 35.5. The lowest BCUT2D eigenvalue weighted by Gasteiger charge is -2.02. The molecule has 0 aliphatic carbocycles. The monoisotopic (exact) mass is 292 g/mol. The molecule has 1 aromatic heterocycles. The molecule has 1 unspecified atom stereocenters. The van der Waals surface area contributed by atoms with Crippen LogP contribution in [0.25, 0.3) is 5.69 Å². The molecule has 1 atom stereocenters. The second-order valence-corrected chi connectivity index (χ2v) is 4.86. The average molecular weight is 293 g/mol. The minimum absolute atomic E-state index is 0.0796. The normalized spacial score (nSPS) is 12.2. The largest absolute Gasteiger partial charge is 0.298 e. The minimum Gasteiger partial charge on any atom is -0.298 e. The van der Waals surface area contributed by atoms with Gasteiger partial charge in [0.25, 0.3) is 5.56 Å². The summed E-state index contributed by atoms with van der Waals surface area (Å²) >= 11 is 5.74. The van der Waals surface area contributed by atoms with Crippen LogP contribution in [-0.2, 0) is 4.79 Å². The highest BCUT2D eigenvalue weighted by Crippen LogP contribution is 2.12. The van der Waals surface area contributed by atoms with Gasteiger partial charge in [-0.3, -0.25) is 19.5 Å². The number of rotatable bonds is 4. The second kappa shape index (κ2) is 5.46. The van der Waals surface area contributed by atoms with Crippen molar-refractivity contribution in [1.29, 1.82) is 0 Å². The predicted molar refractivity (Wildman–Crippen MR) is 75.8 cm³/mol. The van der Waals surface area contributed by atoms with E-state index in [4.69, 9.17) is 11.6 Å². The molecule has 104 valence electrons. The maximum atomic E-state index is 12.3. The van der Waals surface area contributed by atoms with E-state index in [-0.39, 0.29) is 5.56 Å². The summed E-state index contributed by atoms with van der Waals surface area (Å²) in [7, 11) is 0. The number of H-pyrrole nitrogens is 1. The zero-order valence-corrected chi connectivity index (χ0v) is 11.8. The van der Waals surface area contributed by atoms with E-state index in [1.807, 2.05) is 6.07 Å². The van der Waals surface area contributed by atoms with Crippen molar-refractivity contribution in [3.63, 3.8) is 0 Å². The number of hydrogen-bond acceptors (Lipinski definition) is 3. The molecule has 1 N–H and O–H groups in total. The van der Waals surface area contributed by atoms with Gasteiger partial charge in [0.2, 0.25) is 0 Å².